The van der Waals surface area contributed by atoms with Gasteiger partial charge in [0.25, 0.3) is 5.56 Å². The predicted octanol–water partition coefficient (Wildman–Crippen LogP) is 6.84. The number of carbonyl (C=O) groups excluding carboxylic acids is 1. The lowest BCUT2D eigenvalue weighted by Crippen LogP contribution is -2.42. The highest BCUT2D eigenvalue weighted by molar-refractivity contribution is 7.17. The van der Waals surface area contributed by atoms with Gasteiger partial charge in [-0.15, -0.1) is 11.3 Å². The number of hydrogen-bond donors (Lipinski definition) is 1. The van der Waals surface area contributed by atoms with Crippen molar-refractivity contribution in [3.63, 3.8) is 0 Å². The van der Waals surface area contributed by atoms with E-state index in [9.17, 15) is 9.59 Å². The highest BCUT2D eigenvalue weighted by Crippen LogP contribution is 2.42. The molecule has 1 saturated heterocycles. The first kappa shape index (κ1) is 24.4. The molecule has 0 saturated carbocycles. The first-order valence-corrected chi connectivity index (χ1v) is 13.2. The number of aromatic amines is 1. The number of piperidine rings is 1. The van der Waals surface area contributed by atoms with Crippen molar-refractivity contribution in [2.45, 2.75) is 52.1 Å². The van der Waals surface area contributed by atoms with Gasteiger partial charge in [0.2, 0.25) is 0 Å². The minimum atomic E-state index is -0.500. The van der Waals surface area contributed by atoms with Crippen molar-refractivity contribution in [2.75, 3.05) is 20.2 Å². The molecule has 36 heavy (non-hydrogen) atoms. The van der Waals surface area contributed by atoms with Crippen molar-refractivity contribution in [3.8, 4) is 16.9 Å². The molecule has 0 spiro atoms. The molecule has 1 aliphatic heterocycles. The molecular weight excluding hydrogens is 472 g/mol. The number of amides is 1. The summed E-state index contributed by atoms with van der Waals surface area (Å²) in [4.78, 5) is 30.2. The number of carbonyl (C=O) groups is 1. The number of likely N-dealkylation sites (tertiary alicyclic amines) is 1. The Morgan fingerprint density at radius 3 is 2.61 bits per heavy atom. The summed E-state index contributed by atoms with van der Waals surface area (Å²) in [5.74, 6) is 1.04. The lowest BCUT2D eigenvalue weighted by Gasteiger charge is -2.34. The van der Waals surface area contributed by atoms with Gasteiger partial charge in [0.05, 0.1) is 12.6 Å². The number of thiophene rings is 1. The molecule has 1 aliphatic rings. The Kier molecular flexibility index (Phi) is 6.29. The average molecular weight is 505 g/mol. The highest BCUT2D eigenvalue weighted by Gasteiger charge is 2.28. The Labute approximate surface area is 214 Å². The van der Waals surface area contributed by atoms with E-state index in [1.165, 1.54) is 16.9 Å². The molecule has 0 aliphatic carbocycles. The molecule has 6 nitrogen and oxygen atoms in total. The quantitative estimate of drug-likeness (QED) is 0.331. The van der Waals surface area contributed by atoms with Crippen LogP contribution in [0, 0.1) is 6.92 Å². The molecule has 1 atom stereocenters. The van der Waals surface area contributed by atoms with Gasteiger partial charge in [0.1, 0.15) is 16.1 Å². The van der Waals surface area contributed by atoms with Gasteiger partial charge in [0.15, 0.2) is 0 Å². The number of aromatic nitrogens is 1. The minimum Gasteiger partial charge on any atom is -0.496 e. The largest absolute Gasteiger partial charge is 0.496 e. The summed E-state index contributed by atoms with van der Waals surface area (Å²) in [5, 5.41) is 3.91. The number of nitrogens with zero attached hydrogens (tertiary/aromatic N) is 1. The molecule has 5 rings (SSSR count). The summed E-state index contributed by atoms with van der Waals surface area (Å²) in [6, 6.07) is 12.6. The third kappa shape index (κ3) is 4.48. The van der Waals surface area contributed by atoms with Crippen molar-refractivity contribution >= 4 is 38.4 Å². The zero-order chi connectivity index (χ0) is 25.6. The van der Waals surface area contributed by atoms with E-state index in [0.717, 1.165) is 62.8 Å². The van der Waals surface area contributed by atoms with Crippen LogP contribution in [-0.2, 0) is 4.74 Å². The SMILES string of the molecule is COc1cc(C)c2[nH]c(=O)c3sccc3c2c1-c1ccc(C2CCCN(C(=O)OC(C)(C)C)C2)cc1. The van der Waals surface area contributed by atoms with Gasteiger partial charge in [-0.25, -0.2) is 4.79 Å². The summed E-state index contributed by atoms with van der Waals surface area (Å²) in [5.41, 5.74) is 4.45. The van der Waals surface area contributed by atoms with Gasteiger partial charge in [0, 0.05) is 35.3 Å². The second-order valence-corrected chi connectivity index (χ2v) is 11.4. The maximum absolute atomic E-state index is 12.7. The third-order valence-corrected chi connectivity index (χ3v) is 7.74. The van der Waals surface area contributed by atoms with Crippen LogP contribution in [0.1, 0.15) is 50.7 Å². The monoisotopic (exact) mass is 504 g/mol. The number of hydrogen-bond acceptors (Lipinski definition) is 5. The lowest BCUT2D eigenvalue weighted by atomic mass is 9.88. The fraction of sp³-hybridized carbons (Fsp3) is 0.379. The van der Waals surface area contributed by atoms with E-state index in [1.807, 2.05) is 50.1 Å². The maximum Gasteiger partial charge on any atom is 0.410 e. The topological polar surface area (TPSA) is 71.6 Å². The zero-order valence-electron chi connectivity index (χ0n) is 21.4. The molecule has 2 aromatic heterocycles. The van der Waals surface area contributed by atoms with E-state index in [1.54, 1.807) is 7.11 Å². The van der Waals surface area contributed by atoms with Gasteiger partial charge in [-0.2, -0.15) is 0 Å². The Balaban J connectivity index is 1.52. The van der Waals surface area contributed by atoms with Gasteiger partial charge < -0.3 is 19.4 Å². The van der Waals surface area contributed by atoms with Crippen LogP contribution in [-0.4, -0.2) is 41.8 Å². The molecule has 1 N–H and O–H groups in total. The number of fused-ring (bicyclic) bond motifs is 3. The molecule has 0 radical (unpaired) electrons. The number of nitrogens with one attached hydrogen (secondary N) is 1. The second-order valence-electron chi connectivity index (χ2n) is 10.5. The first-order valence-electron chi connectivity index (χ1n) is 12.4. The maximum atomic E-state index is 12.7. The van der Waals surface area contributed by atoms with Crippen LogP contribution < -0.4 is 10.3 Å². The molecule has 0 bridgehead atoms. The van der Waals surface area contributed by atoms with Crippen LogP contribution in [0.15, 0.2) is 46.6 Å². The van der Waals surface area contributed by atoms with Crippen molar-refractivity contribution in [1.29, 1.82) is 0 Å². The first-order chi connectivity index (χ1) is 17.2. The molecule has 2 aromatic carbocycles. The summed E-state index contributed by atoms with van der Waals surface area (Å²) < 4.78 is 12.1. The number of pyridine rings is 1. The summed E-state index contributed by atoms with van der Waals surface area (Å²) in [6.45, 7) is 9.06. The van der Waals surface area contributed by atoms with E-state index in [-0.39, 0.29) is 17.6 Å². The Hall–Kier alpha value is -3.32. The number of methoxy groups -OCH3 is 1. The Bertz CT molecular complexity index is 1490. The van der Waals surface area contributed by atoms with E-state index >= 15 is 0 Å². The molecule has 1 fully saturated rings. The molecule has 4 aromatic rings. The number of benzene rings is 2. The molecule has 1 unspecified atom stereocenters. The van der Waals surface area contributed by atoms with Gasteiger partial charge >= 0.3 is 6.09 Å². The van der Waals surface area contributed by atoms with E-state index < -0.39 is 5.60 Å². The molecule has 1 amide bonds. The molecular formula is C29H32N2O4S. The van der Waals surface area contributed by atoms with Crippen LogP contribution in [0.5, 0.6) is 5.75 Å². The minimum absolute atomic E-state index is 0.0612. The molecule has 3 heterocycles. The normalized spacial score (nSPS) is 16.5. The fourth-order valence-corrected chi connectivity index (χ4v) is 5.98. The number of aryl methyl sites for hydroxylation is 1. The molecule has 188 valence electrons. The smallest absolute Gasteiger partial charge is 0.410 e. The van der Waals surface area contributed by atoms with Crippen molar-refractivity contribution in [3.05, 3.63) is 63.3 Å². The van der Waals surface area contributed by atoms with Crippen LogP contribution in [0.25, 0.3) is 32.1 Å². The number of rotatable bonds is 3. The van der Waals surface area contributed by atoms with Gasteiger partial charge in [-0.1, -0.05) is 24.3 Å². The van der Waals surface area contributed by atoms with Crippen molar-refractivity contribution in [2.24, 2.45) is 0 Å². The van der Waals surface area contributed by atoms with Crippen molar-refractivity contribution in [1.82, 2.24) is 9.88 Å². The summed E-state index contributed by atoms with van der Waals surface area (Å²) in [7, 11) is 1.68. The van der Waals surface area contributed by atoms with E-state index in [0.29, 0.717) is 6.54 Å². The standard InChI is InChI=1S/C29H32N2O4S/c1-17-15-22(34-5)23(24-21-12-14-36-26(21)27(32)30-25(17)24)19-10-8-18(9-11-19)20-7-6-13-31(16-20)28(33)35-29(2,3)4/h8-12,14-15,20H,6-7,13,16H2,1-5H3,(H,30,32). The fourth-order valence-electron chi connectivity index (χ4n) is 5.18. The second kappa shape index (κ2) is 9.28. The van der Waals surface area contributed by atoms with E-state index in [2.05, 4.69) is 29.2 Å². The Morgan fingerprint density at radius 2 is 1.92 bits per heavy atom. The average Bonchev–Trinajstić information content (AvgIpc) is 3.35. The van der Waals surface area contributed by atoms with Crippen LogP contribution in [0.4, 0.5) is 4.79 Å². The van der Waals surface area contributed by atoms with Crippen LogP contribution in [0.3, 0.4) is 0 Å². The number of ether oxygens (including phenoxy) is 2. The third-order valence-electron chi connectivity index (χ3n) is 6.83. The lowest BCUT2D eigenvalue weighted by molar-refractivity contribution is 0.0198. The van der Waals surface area contributed by atoms with Crippen molar-refractivity contribution < 1.29 is 14.3 Å². The summed E-state index contributed by atoms with van der Waals surface area (Å²) in [6.07, 6.45) is 1.74. The predicted molar refractivity (Wildman–Crippen MR) is 146 cm³/mol. The summed E-state index contributed by atoms with van der Waals surface area (Å²) >= 11 is 1.45. The van der Waals surface area contributed by atoms with Gasteiger partial charge in [-0.3, -0.25) is 4.79 Å². The van der Waals surface area contributed by atoms with E-state index in [4.69, 9.17) is 9.47 Å². The van der Waals surface area contributed by atoms with Crippen LogP contribution >= 0.6 is 11.3 Å². The Morgan fingerprint density at radius 1 is 1.17 bits per heavy atom. The number of H-pyrrole nitrogens is 1. The van der Waals surface area contributed by atoms with Crippen LogP contribution in [0.2, 0.25) is 0 Å². The highest BCUT2D eigenvalue weighted by atomic mass is 32.1. The van der Waals surface area contributed by atoms with Gasteiger partial charge in [-0.05, 0) is 74.7 Å². The zero-order valence-corrected chi connectivity index (χ0v) is 22.3. The molecule has 7 heteroatoms.